The van der Waals surface area contributed by atoms with E-state index in [2.05, 4.69) is 0 Å². The predicted molar refractivity (Wildman–Crippen MR) is 33.1 cm³/mol. The van der Waals surface area contributed by atoms with Gasteiger partial charge >= 0.3 is 0 Å². The lowest BCUT2D eigenvalue weighted by molar-refractivity contribution is 0.844. The first kappa shape index (κ1) is 9.55. The highest BCUT2D eigenvalue weighted by atomic mass is 32.1. The van der Waals surface area contributed by atoms with Gasteiger partial charge in [-0.05, 0) is 19.5 Å². The third kappa shape index (κ3) is 8.86. The van der Waals surface area contributed by atoms with Gasteiger partial charge in [0, 0.05) is 0 Å². The molecule has 0 aromatic carbocycles. The van der Waals surface area contributed by atoms with E-state index in [4.69, 9.17) is 11.5 Å². The highest BCUT2D eigenvalue weighted by Crippen LogP contribution is 1.58. The van der Waals surface area contributed by atoms with Crippen LogP contribution < -0.4 is 11.5 Å². The Morgan fingerprint density at radius 3 is 1.33 bits per heavy atom. The molecule has 0 amide bonds. The van der Waals surface area contributed by atoms with Gasteiger partial charge in [-0.3, -0.25) is 0 Å². The van der Waals surface area contributed by atoms with E-state index in [0.29, 0.717) is 0 Å². The van der Waals surface area contributed by atoms with Crippen molar-refractivity contribution in [3.63, 3.8) is 0 Å². The molecule has 0 aliphatic heterocycles. The first-order valence-electron chi connectivity index (χ1n) is 1.82. The van der Waals surface area contributed by atoms with Crippen LogP contribution in [0.3, 0.4) is 0 Å². The summed E-state index contributed by atoms with van der Waals surface area (Å²) in [6, 6.07) is 0. The molecule has 0 aromatic heterocycles. The molecule has 0 rings (SSSR count). The molecular weight excluding hydrogens is 96.1 g/mol. The Bertz CT molecular complexity index is 16.3. The van der Waals surface area contributed by atoms with Gasteiger partial charge in [0.2, 0.25) is 0 Å². The van der Waals surface area contributed by atoms with Crippen LogP contribution in [0.25, 0.3) is 0 Å². The van der Waals surface area contributed by atoms with Gasteiger partial charge in [-0.15, -0.1) is 0 Å². The summed E-state index contributed by atoms with van der Waals surface area (Å²) in [4.78, 5) is 0. The summed E-state index contributed by atoms with van der Waals surface area (Å²) in [6.07, 6.45) is 0.944. The molecule has 0 saturated carbocycles. The summed E-state index contributed by atoms with van der Waals surface area (Å²) >= 11 is 0. The predicted octanol–water partition coefficient (Wildman–Crippen LogP) is -0.593. The number of hydrogen-bond donors (Lipinski definition) is 2. The van der Waals surface area contributed by atoms with Crippen LogP contribution in [-0.4, -0.2) is 13.1 Å². The second-order valence-electron chi connectivity index (χ2n) is 0.931. The Labute approximate surface area is 45.3 Å². The lowest BCUT2D eigenvalue weighted by Crippen LogP contribution is -2.06. The monoisotopic (exact) mass is 108 g/mol. The highest BCUT2D eigenvalue weighted by molar-refractivity contribution is 7.59. The van der Waals surface area contributed by atoms with Crippen LogP contribution in [0.4, 0.5) is 0 Å². The average Bonchev–Trinajstić information content (AvgIpc) is 1.41. The molecule has 0 atom stereocenters. The van der Waals surface area contributed by atoms with Crippen molar-refractivity contribution in [2.24, 2.45) is 11.5 Å². The molecule has 0 fully saturated rings. The molecule has 0 unspecified atom stereocenters. The standard InChI is InChI=1S/C3H10N2.H2S/c4-2-1-3-5;/h1-5H2;1H2. The number of hydrogen-bond acceptors (Lipinski definition) is 2. The molecule has 0 aliphatic carbocycles. The van der Waals surface area contributed by atoms with Gasteiger partial charge in [-0.25, -0.2) is 0 Å². The molecule has 3 heteroatoms. The van der Waals surface area contributed by atoms with E-state index in [1.165, 1.54) is 0 Å². The van der Waals surface area contributed by atoms with E-state index in [9.17, 15) is 0 Å². The van der Waals surface area contributed by atoms with Gasteiger partial charge in [0.15, 0.2) is 0 Å². The van der Waals surface area contributed by atoms with Crippen molar-refractivity contribution in [3.05, 3.63) is 0 Å². The molecular formula is C3H12N2S. The van der Waals surface area contributed by atoms with E-state index in [0.717, 1.165) is 19.5 Å². The normalized spacial score (nSPS) is 7.00. The zero-order chi connectivity index (χ0) is 4.12. The molecule has 40 valence electrons. The maximum atomic E-state index is 5.06. The molecule has 0 saturated heterocycles. The van der Waals surface area contributed by atoms with Crippen LogP contribution in [0, 0.1) is 0 Å². The van der Waals surface area contributed by atoms with Crippen LogP contribution in [0.2, 0.25) is 0 Å². The minimum absolute atomic E-state index is 0. The van der Waals surface area contributed by atoms with Crippen molar-refractivity contribution in [2.75, 3.05) is 13.1 Å². The molecule has 2 nitrogen and oxygen atoms in total. The lowest BCUT2D eigenvalue weighted by atomic mass is 10.4. The topological polar surface area (TPSA) is 52.0 Å². The molecule has 0 aliphatic rings. The van der Waals surface area contributed by atoms with Gasteiger partial charge < -0.3 is 11.5 Å². The van der Waals surface area contributed by atoms with Gasteiger partial charge in [-0.2, -0.15) is 13.5 Å². The summed E-state index contributed by atoms with van der Waals surface area (Å²) in [5, 5.41) is 0. The van der Waals surface area contributed by atoms with Crippen molar-refractivity contribution in [3.8, 4) is 0 Å². The van der Waals surface area contributed by atoms with Crippen molar-refractivity contribution < 1.29 is 0 Å². The van der Waals surface area contributed by atoms with Crippen molar-refractivity contribution in [1.82, 2.24) is 0 Å². The number of nitrogens with two attached hydrogens (primary N) is 2. The lowest BCUT2D eigenvalue weighted by Gasteiger charge is -1.81. The van der Waals surface area contributed by atoms with Crippen molar-refractivity contribution in [1.29, 1.82) is 0 Å². The molecule has 0 aromatic rings. The fourth-order valence-corrected chi connectivity index (χ4v) is 0.118. The Balaban J connectivity index is 0. The second kappa shape index (κ2) is 8.99. The quantitative estimate of drug-likeness (QED) is 0.496. The minimum atomic E-state index is 0. The molecule has 4 N–H and O–H groups in total. The Morgan fingerprint density at radius 2 is 1.33 bits per heavy atom. The highest BCUT2D eigenvalue weighted by Gasteiger charge is 1.67. The first-order valence-corrected chi connectivity index (χ1v) is 1.82. The summed E-state index contributed by atoms with van der Waals surface area (Å²) in [5.41, 5.74) is 10.1. The van der Waals surface area contributed by atoms with E-state index in [1.54, 1.807) is 0 Å². The summed E-state index contributed by atoms with van der Waals surface area (Å²) in [5.74, 6) is 0. The van der Waals surface area contributed by atoms with Crippen LogP contribution in [0.15, 0.2) is 0 Å². The summed E-state index contributed by atoms with van der Waals surface area (Å²) in [7, 11) is 0. The maximum absolute atomic E-state index is 5.06. The van der Waals surface area contributed by atoms with Crippen molar-refractivity contribution >= 4 is 13.5 Å². The zero-order valence-electron chi connectivity index (χ0n) is 3.78. The largest absolute Gasteiger partial charge is 0.330 e. The van der Waals surface area contributed by atoms with Crippen LogP contribution >= 0.6 is 13.5 Å². The van der Waals surface area contributed by atoms with E-state index in [1.807, 2.05) is 0 Å². The van der Waals surface area contributed by atoms with E-state index < -0.39 is 0 Å². The Kier molecular flexibility index (Phi) is 14.3. The molecule has 0 radical (unpaired) electrons. The van der Waals surface area contributed by atoms with Gasteiger partial charge in [-0.1, -0.05) is 0 Å². The first-order chi connectivity index (χ1) is 2.41. The third-order valence-electron chi connectivity index (χ3n) is 0.408. The molecule has 0 spiro atoms. The molecule has 6 heavy (non-hydrogen) atoms. The molecule has 0 bridgehead atoms. The smallest absolute Gasteiger partial charge is 0.00653 e. The summed E-state index contributed by atoms with van der Waals surface area (Å²) < 4.78 is 0. The zero-order valence-corrected chi connectivity index (χ0v) is 4.78. The van der Waals surface area contributed by atoms with Crippen LogP contribution in [0.1, 0.15) is 6.42 Å². The SMILES string of the molecule is NCCCN.S. The molecule has 0 heterocycles. The number of rotatable bonds is 2. The fraction of sp³-hybridized carbons (Fsp3) is 1.00. The Morgan fingerprint density at radius 1 is 1.00 bits per heavy atom. The summed E-state index contributed by atoms with van der Waals surface area (Å²) in [6.45, 7) is 1.44. The average molecular weight is 108 g/mol. The van der Waals surface area contributed by atoms with Gasteiger partial charge in [0.05, 0.1) is 0 Å². The minimum Gasteiger partial charge on any atom is -0.330 e. The third-order valence-corrected chi connectivity index (χ3v) is 0.408. The van der Waals surface area contributed by atoms with E-state index >= 15 is 0 Å². The van der Waals surface area contributed by atoms with Crippen molar-refractivity contribution in [2.45, 2.75) is 6.42 Å². The van der Waals surface area contributed by atoms with Crippen LogP contribution in [-0.2, 0) is 0 Å². The second-order valence-corrected chi connectivity index (χ2v) is 0.931. The van der Waals surface area contributed by atoms with Crippen LogP contribution in [0.5, 0.6) is 0 Å². The Hall–Kier alpha value is 0.270. The fourth-order valence-electron chi connectivity index (χ4n) is 0.118. The maximum Gasteiger partial charge on any atom is -0.00653 e. The van der Waals surface area contributed by atoms with Gasteiger partial charge in [0.1, 0.15) is 0 Å². The van der Waals surface area contributed by atoms with Gasteiger partial charge in [0.25, 0.3) is 0 Å². The van der Waals surface area contributed by atoms with E-state index in [-0.39, 0.29) is 13.5 Å².